The second kappa shape index (κ2) is 4.15. The first-order chi connectivity index (χ1) is 5.69. The Labute approximate surface area is 85.8 Å². The van der Waals surface area contributed by atoms with Crippen LogP contribution < -0.4 is 4.74 Å². The summed E-state index contributed by atoms with van der Waals surface area (Å²) in [4.78, 5) is 0. The van der Waals surface area contributed by atoms with E-state index in [0.717, 1.165) is 21.3 Å². The lowest BCUT2D eigenvalue weighted by Crippen LogP contribution is -1.90. The lowest BCUT2D eigenvalue weighted by Gasteiger charge is -2.07. The number of hydrogen-bond donors (Lipinski definition) is 0. The SMILES string of the molecule is COc1cc(Br)c(CCl)cc1C. The summed E-state index contributed by atoms with van der Waals surface area (Å²) >= 11 is 9.15. The fourth-order valence-corrected chi connectivity index (χ4v) is 1.89. The summed E-state index contributed by atoms with van der Waals surface area (Å²) in [6, 6.07) is 3.96. The van der Waals surface area contributed by atoms with Gasteiger partial charge < -0.3 is 4.74 Å². The molecule has 1 aromatic rings. The van der Waals surface area contributed by atoms with Gasteiger partial charge in [-0.25, -0.2) is 0 Å². The largest absolute Gasteiger partial charge is 0.496 e. The third kappa shape index (κ3) is 1.93. The van der Waals surface area contributed by atoms with Gasteiger partial charge in [-0.1, -0.05) is 22.0 Å². The van der Waals surface area contributed by atoms with E-state index in [2.05, 4.69) is 15.9 Å². The number of benzene rings is 1. The predicted molar refractivity (Wildman–Crippen MR) is 55.0 cm³/mol. The highest BCUT2D eigenvalue weighted by atomic mass is 79.9. The van der Waals surface area contributed by atoms with E-state index in [-0.39, 0.29) is 0 Å². The van der Waals surface area contributed by atoms with E-state index in [1.165, 1.54) is 0 Å². The van der Waals surface area contributed by atoms with Gasteiger partial charge in [-0.05, 0) is 24.1 Å². The van der Waals surface area contributed by atoms with Crippen LogP contribution in [-0.2, 0) is 5.88 Å². The highest BCUT2D eigenvalue weighted by Crippen LogP contribution is 2.27. The highest BCUT2D eigenvalue weighted by molar-refractivity contribution is 9.10. The van der Waals surface area contributed by atoms with Crippen LogP contribution in [0.25, 0.3) is 0 Å². The number of hydrogen-bond acceptors (Lipinski definition) is 1. The Kier molecular flexibility index (Phi) is 3.41. The zero-order valence-electron chi connectivity index (χ0n) is 7.03. The molecule has 0 heterocycles. The van der Waals surface area contributed by atoms with Crippen molar-refractivity contribution >= 4 is 27.5 Å². The first-order valence-corrected chi connectivity index (χ1v) is 4.90. The molecule has 0 amide bonds. The zero-order chi connectivity index (χ0) is 9.14. The molecule has 0 N–H and O–H groups in total. The highest BCUT2D eigenvalue weighted by Gasteiger charge is 2.04. The Hall–Kier alpha value is -0.210. The van der Waals surface area contributed by atoms with Crippen molar-refractivity contribution in [2.75, 3.05) is 7.11 Å². The van der Waals surface area contributed by atoms with Crippen molar-refractivity contribution in [3.05, 3.63) is 27.7 Å². The number of rotatable bonds is 2. The fourth-order valence-electron chi connectivity index (χ4n) is 1.05. The van der Waals surface area contributed by atoms with Gasteiger partial charge >= 0.3 is 0 Å². The third-order valence-electron chi connectivity index (χ3n) is 1.71. The minimum absolute atomic E-state index is 0.519. The van der Waals surface area contributed by atoms with Crippen LogP contribution in [0.1, 0.15) is 11.1 Å². The van der Waals surface area contributed by atoms with Crippen molar-refractivity contribution in [2.24, 2.45) is 0 Å². The van der Waals surface area contributed by atoms with Gasteiger partial charge in [0.05, 0.1) is 7.11 Å². The molecule has 0 aliphatic heterocycles. The third-order valence-corrected chi connectivity index (χ3v) is 2.73. The van der Waals surface area contributed by atoms with Crippen LogP contribution >= 0.6 is 27.5 Å². The van der Waals surface area contributed by atoms with Gasteiger partial charge in [-0.3, -0.25) is 0 Å². The molecular formula is C9H10BrClO. The fraction of sp³-hybridized carbons (Fsp3) is 0.333. The summed E-state index contributed by atoms with van der Waals surface area (Å²) < 4.78 is 6.15. The molecule has 0 fully saturated rings. The summed E-state index contributed by atoms with van der Waals surface area (Å²) in [5, 5.41) is 0. The molecule has 3 heteroatoms. The quantitative estimate of drug-likeness (QED) is 0.729. The van der Waals surface area contributed by atoms with Crippen molar-refractivity contribution in [1.29, 1.82) is 0 Å². The Morgan fingerprint density at radius 2 is 2.17 bits per heavy atom. The van der Waals surface area contributed by atoms with Crippen LogP contribution in [-0.4, -0.2) is 7.11 Å². The van der Waals surface area contributed by atoms with Crippen LogP contribution in [0, 0.1) is 6.92 Å². The summed E-state index contributed by atoms with van der Waals surface area (Å²) in [5.41, 5.74) is 2.20. The zero-order valence-corrected chi connectivity index (χ0v) is 9.37. The minimum Gasteiger partial charge on any atom is -0.496 e. The van der Waals surface area contributed by atoms with Crippen LogP contribution in [0.4, 0.5) is 0 Å². The monoisotopic (exact) mass is 248 g/mol. The van der Waals surface area contributed by atoms with Crippen molar-refractivity contribution in [3.63, 3.8) is 0 Å². The number of ether oxygens (including phenoxy) is 1. The molecule has 0 saturated heterocycles. The van der Waals surface area contributed by atoms with E-state index in [4.69, 9.17) is 16.3 Å². The van der Waals surface area contributed by atoms with Gasteiger partial charge in [-0.2, -0.15) is 0 Å². The van der Waals surface area contributed by atoms with Crippen LogP contribution in [0.3, 0.4) is 0 Å². The molecule has 0 aliphatic rings. The van der Waals surface area contributed by atoms with Crippen molar-refractivity contribution in [2.45, 2.75) is 12.8 Å². The van der Waals surface area contributed by atoms with Crippen molar-refractivity contribution < 1.29 is 4.74 Å². The molecule has 0 aliphatic carbocycles. The van der Waals surface area contributed by atoms with Crippen LogP contribution in [0.5, 0.6) is 5.75 Å². The predicted octanol–water partition coefficient (Wildman–Crippen LogP) is 3.50. The summed E-state index contributed by atoms with van der Waals surface area (Å²) in [6.07, 6.45) is 0. The van der Waals surface area contributed by atoms with Crippen LogP contribution in [0.2, 0.25) is 0 Å². The van der Waals surface area contributed by atoms with Gasteiger partial charge in [0, 0.05) is 10.4 Å². The smallest absolute Gasteiger partial charge is 0.122 e. The van der Waals surface area contributed by atoms with Crippen molar-refractivity contribution in [3.8, 4) is 5.75 Å². The van der Waals surface area contributed by atoms with Gasteiger partial charge in [0.15, 0.2) is 0 Å². The molecule has 0 aromatic heterocycles. The Morgan fingerprint density at radius 3 is 2.67 bits per heavy atom. The standard InChI is InChI=1S/C9H10BrClO/c1-6-3-7(5-11)8(10)4-9(6)12-2/h3-4H,5H2,1-2H3. The second-order valence-corrected chi connectivity index (χ2v) is 3.67. The molecule has 1 rings (SSSR count). The van der Waals surface area contributed by atoms with Crippen molar-refractivity contribution in [1.82, 2.24) is 0 Å². The Balaban J connectivity index is 3.16. The molecule has 66 valence electrons. The van der Waals surface area contributed by atoms with E-state index < -0.39 is 0 Å². The number of methoxy groups -OCH3 is 1. The lowest BCUT2D eigenvalue weighted by atomic mass is 10.1. The molecule has 0 radical (unpaired) electrons. The molecule has 0 atom stereocenters. The normalized spacial score (nSPS) is 10.0. The first kappa shape index (κ1) is 9.87. The Bertz CT molecular complexity index is 256. The van der Waals surface area contributed by atoms with Crippen LogP contribution in [0.15, 0.2) is 16.6 Å². The molecule has 0 saturated carbocycles. The first-order valence-electron chi connectivity index (χ1n) is 3.58. The molecule has 0 bridgehead atoms. The van der Waals surface area contributed by atoms with E-state index in [1.54, 1.807) is 7.11 Å². The average molecular weight is 250 g/mol. The van der Waals surface area contributed by atoms with E-state index in [1.807, 2.05) is 19.1 Å². The summed E-state index contributed by atoms with van der Waals surface area (Å²) in [6.45, 7) is 2.00. The van der Waals surface area contributed by atoms with Gasteiger partial charge in [-0.15, -0.1) is 11.6 Å². The molecule has 1 nitrogen and oxygen atoms in total. The number of aryl methyl sites for hydroxylation is 1. The Morgan fingerprint density at radius 1 is 1.50 bits per heavy atom. The molecule has 12 heavy (non-hydrogen) atoms. The number of halogens is 2. The molecule has 0 unspecified atom stereocenters. The summed E-state index contributed by atoms with van der Waals surface area (Å²) in [7, 11) is 1.66. The van der Waals surface area contributed by atoms with Gasteiger partial charge in [0.2, 0.25) is 0 Å². The van der Waals surface area contributed by atoms with Gasteiger partial charge in [0.25, 0.3) is 0 Å². The molecule has 1 aromatic carbocycles. The topological polar surface area (TPSA) is 9.23 Å². The molecular weight excluding hydrogens is 239 g/mol. The second-order valence-electron chi connectivity index (χ2n) is 2.55. The van der Waals surface area contributed by atoms with Gasteiger partial charge in [0.1, 0.15) is 5.75 Å². The maximum atomic E-state index is 5.73. The number of alkyl halides is 1. The average Bonchev–Trinajstić information content (AvgIpc) is 2.08. The summed E-state index contributed by atoms with van der Waals surface area (Å²) in [5.74, 6) is 1.40. The lowest BCUT2D eigenvalue weighted by molar-refractivity contribution is 0.411. The van der Waals surface area contributed by atoms with E-state index >= 15 is 0 Å². The molecule has 0 spiro atoms. The van der Waals surface area contributed by atoms with E-state index in [0.29, 0.717) is 5.88 Å². The maximum absolute atomic E-state index is 5.73. The maximum Gasteiger partial charge on any atom is 0.122 e. The van der Waals surface area contributed by atoms with E-state index in [9.17, 15) is 0 Å². The minimum atomic E-state index is 0.519.